The zero-order chi connectivity index (χ0) is 24.1. The molecule has 0 aliphatic carbocycles. The lowest BCUT2D eigenvalue weighted by Gasteiger charge is -2.15. The Morgan fingerprint density at radius 2 is 1.82 bits per heavy atom. The Hall–Kier alpha value is -3.13. The second-order valence-corrected chi connectivity index (χ2v) is 10.1. The van der Waals surface area contributed by atoms with Gasteiger partial charge in [0.1, 0.15) is 5.82 Å². The fourth-order valence-corrected chi connectivity index (χ4v) is 4.62. The van der Waals surface area contributed by atoms with Gasteiger partial charge in [0, 0.05) is 29.9 Å². The van der Waals surface area contributed by atoms with Crippen LogP contribution in [0, 0.1) is 13.8 Å². The normalized spacial score (nSPS) is 14.1. The van der Waals surface area contributed by atoms with Gasteiger partial charge in [-0.25, -0.2) is 0 Å². The highest BCUT2D eigenvalue weighted by molar-refractivity contribution is 8.01. The zero-order valence-electron chi connectivity index (χ0n) is 19.9. The fourth-order valence-electron chi connectivity index (χ4n) is 3.94. The van der Waals surface area contributed by atoms with Gasteiger partial charge in [-0.15, -0.1) is 22.0 Å². The average molecular weight is 478 g/mol. The number of nitrogens with one attached hydrogen (secondary N) is 2. The monoisotopic (exact) mass is 477 g/mol. The molecule has 1 unspecified atom stereocenters. The van der Waals surface area contributed by atoms with Crippen LogP contribution in [0.15, 0.2) is 42.5 Å². The second-order valence-electron chi connectivity index (χ2n) is 8.79. The van der Waals surface area contributed by atoms with Gasteiger partial charge in [0.2, 0.25) is 11.8 Å². The molecule has 34 heavy (non-hydrogen) atoms. The topological polar surface area (TPSA) is 88.9 Å². The van der Waals surface area contributed by atoms with Crippen LogP contribution >= 0.6 is 11.8 Å². The predicted molar refractivity (Wildman–Crippen MR) is 138 cm³/mol. The number of hydrogen-bond donors (Lipinski definition) is 2. The number of thioether (sulfide) groups is 1. The van der Waals surface area contributed by atoms with Gasteiger partial charge in [0.15, 0.2) is 5.82 Å². The third-order valence-corrected chi connectivity index (χ3v) is 7.18. The van der Waals surface area contributed by atoms with Crippen LogP contribution in [-0.2, 0) is 22.6 Å². The van der Waals surface area contributed by atoms with Crippen molar-refractivity contribution < 1.29 is 9.59 Å². The van der Waals surface area contributed by atoms with E-state index in [9.17, 15) is 9.59 Å². The molecule has 2 amide bonds. The molecule has 0 bridgehead atoms. The number of benzene rings is 2. The first-order chi connectivity index (χ1) is 16.4. The van der Waals surface area contributed by atoms with E-state index >= 15 is 0 Å². The quantitative estimate of drug-likeness (QED) is 0.501. The highest BCUT2D eigenvalue weighted by atomic mass is 32.2. The van der Waals surface area contributed by atoms with E-state index in [0.29, 0.717) is 0 Å². The summed E-state index contributed by atoms with van der Waals surface area (Å²) in [5.74, 6) is 1.83. The minimum Gasteiger partial charge on any atom is -0.325 e. The molecule has 3 aromatic rings. The van der Waals surface area contributed by atoms with Gasteiger partial charge in [0.25, 0.3) is 0 Å². The lowest BCUT2D eigenvalue weighted by atomic mass is 10.1. The summed E-state index contributed by atoms with van der Waals surface area (Å²) in [5, 5.41) is 14.4. The highest BCUT2D eigenvalue weighted by Crippen LogP contribution is 2.27. The lowest BCUT2D eigenvalue weighted by Crippen LogP contribution is -2.25. The van der Waals surface area contributed by atoms with Crippen molar-refractivity contribution in [2.75, 3.05) is 16.4 Å². The standard InChI is InChI=1S/C26H31N5O2S/c1-17-8-12-21(13-9-17)27-24(32)16-34-19(3)26(33)28-22-15-20(11-10-18(22)2)25-30-29-23-7-5-4-6-14-31(23)25/h8-13,15,19H,4-7,14,16H2,1-3H3,(H,27,32)(H,28,33). The largest absolute Gasteiger partial charge is 0.325 e. The molecule has 1 aromatic heterocycles. The number of aryl methyl sites for hydroxylation is 3. The van der Waals surface area contributed by atoms with Crippen LogP contribution in [0.5, 0.6) is 0 Å². The van der Waals surface area contributed by atoms with Gasteiger partial charge in [-0.05, 0) is 57.4 Å². The summed E-state index contributed by atoms with van der Waals surface area (Å²) in [6, 6.07) is 13.6. The van der Waals surface area contributed by atoms with Gasteiger partial charge in [-0.1, -0.05) is 36.2 Å². The molecule has 0 saturated carbocycles. The van der Waals surface area contributed by atoms with E-state index in [-0.39, 0.29) is 22.8 Å². The molecular weight excluding hydrogens is 446 g/mol. The van der Waals surface area contributed by atoms with E-state index in [1.807, 2.05) is 63.2 Å². The number of hydrogen-bond acceptors (Lipinski definition) is 5. The summed E-state index contributed by atoms with van der Waals surface area (Å²) in [6.07, 6.45) is 4.43. The molecule has 4 rings (SSSR count). The van der Waals surface area contributed by atoms with E-state index in [1.54, 1.807) is 0 Å². The molecule has 0 saturated heterocycles. The summed E-state index contributed by atoms with van der Waals surface area (Å²) in [5.41, 5.74) is 4.56. The van der Waals surface area contributed by atoms with E-state index < -0.39 is 0 Å². The minimum absolute atomic E-state index is 0.126. The van der Waals surface area contributed by atoms with Gasteiger partial charge in [-0.2, -0.15) is 0 Å². The van der Waals surface area contributed by atoms with Crippen LogP contribution in [0.3, 0.4) is 0 Å². The maximum absolute atomic E-state index is 12.9. The molecule has 2 heterocycles. The summed E-state index contributed by atoms with van der Waals surface area (Å²) >= 11 is 1.31. The van der Waals surface area contributed by atoms with Crippen molar-refractivity contribution >= 4 is 35.0 Å². The first-order valence-electron chi connectivity index (χ1n) is 11.7. The smallest absolute Gasteiger partial charge is 0.237 e. The van der Waals surface area contributed by atoms with E-state index in [2.05, 4.69) is 25.4 Å². The molecule has 2 N–H and O–H groups in total. The average Bonchev–Trinajstić information content (AvgIpc) is 3.08. The van der Waals surface area contributed by atoms with E-state index in [4.69, 9.17) is 0 Å². The number of aromatic nitrogens is 3. The molecule has 2 aromatic carbocycles. The Kier molecular flexibility index (Phi) is 7.67. The lowest BCUT2D eigenvalue weighted by molar-refractivity contribution is -0.115. The van der Waals surface area contributed by atoms with Crippen molar-refractivity contribution in [3.05, 3.63) is 59.4 Å². The second kappa shape index (κ2) is 10.9. The number of nitrogens with zero attached hydrogens (tertiary/aromatic N) is 3. The molecular formula is C26H31N5O2S. The third kappa shape index (κ3) is 5.86. The van der Waals surface area contributed by atoms with Crippen LogP contribution < -0.4 is 10.6 Å². The van der Waals surface area contributed by atoms with Gasteiger partial charge < -0.3 is 15.2 Å². The van der Waals surface area contributed by atoms with Crippen molar-refractivity contribution in [2.45, 2.75) is 58.2 Å². The third-order valence-electron chi connectivity index (χ3n) is 6.03. The van der Waals surface area contributed by atoms with Crippen LogP contribution in [0.4, 0.5) is 11.4 Å². The molecule has 1 atom stereocenters. The summed E-state index contributed by atoms with van der Waals surface area (Å²) in [7, 11) is 0. The van der Waals surface area contributed by atoms with Gasteiger partial charge >= 0.3 is 0 Å². The van der Waals surface area contributed by atoms with Crippen LogP contribution in [-0.4, -0.2) is 37.6 Å². The summed E-state index contributed by atoms with van der Waals surface area (Å²) in [4.78, 5) is 25.1. The van der Waals surface area contributed by atoms with Crippen molar-refractivity contribution in [3.8, 4) is 11.4 Å². The van der Waals surface area contributed by atoms with Gasteiger partial charge in [-0.3, -0.25) is 9.59 Å². The summed E-state index contributed by atoms with van der Waals surface area (Å²) in [6.45, 7) is 6.71. The van der Waals surface area contributed by atoms with E-state index in [1.165, 1.54) is 18.2 Å². The number of fused-ring (bicyclic) bond motifs is 1. The molecule has 0 fully saturated rings. The van der Waals surface area contributed by atoms with Crippen LogP contribution in [0.1, 0.15) is 43.1 Å². The zero-order valence-corrected chi connectivity index (χ0v) is 20.7. The molecule has 7 nitrogen and oxygen atoms in total. The first-order valence-corrected chi connectivity index (χ1v) is 12.8. The maximum atomic E-state index is 12.9. The van der Waals surface area contributed by atoms with Crippen molar-refractivity contribution in [3.63, 3.8) is 0 Å². The van der Waals surface area contributed by atoms with Gasteiger partial charge in [0.05, 0.1) is 11.0 Å². The van der Waals surface area contributed by atoms with E-state index in [0.717, 1.165) is 65.5 Å². The molecule has 0 spiro atoms. The number of carbonyl (C=O) groups excluding carboxylic acids is 2. The number of carbonyl (C=O) groups is 2. The SMILES string of the molecule is Cc1ccc(NC(=O)CSC(C)C(=O)Nc2cc(-c3nnc4n3CCCCC4)ccc2C)cc1. The Morgan fingerprint density at radius 1 is 1.03 bits per heavy atom. The van der Waals surface area contributed by atoms with Crippen LogP contribution in [0.25, 0.3) is 11.4 Å². The fraction of sp³-hybridized carbons (Fsp3) is 0.385. The Bertz CT molecular complexity index is 1170. The minimum atomic E-state index is -0.379. The molecule has 8 heteroatoms. The first kappa shape index (κ1) is 24.0. The maximum Gasteiger partial charge on any atom is 0.237 e. The Morgan fingerprint density at radius 3 is 2.62 bits per heavy atom. The summed E-state index contributed by atoms with van der Waals surface area (Å²) < 4.78 is 2.20. The van der Waals surface area contributed by atoms with Crippen LogP contribution in [0.2, 0.25) is 0 Å². The van der Waals surface area contributed by atoms with Crippen molar-refractivity contribution in [1.29, 1.82) is 0 Å². The Balaban J connectivity index is 1.37. The van der Waals surface area contributed by atoms with Crippen molar-refractivity contribution in [1.82, 2.24) is 14.8 Å². The molecule has 178 valence electrons. The van der Waals surface area contributed by atoms with Crippen molar-refractivity contribution in [2.24, 2.45) is 0 Å². The Labute approximate surface area is 204 Å². The number of amides is 2. The highest BCUT2D eigenvalue weighted by Gasteiger charge is 2.19. The predicted octanol–water partition coefficient (Wildman–Crippen LogP) is 4.99. The molecule has 1 aliphatic rings. The number of anilines is 2. The number of rotatable bonds is 7. The molecule has 1 aliphatic heterocycles. The molecule has 0 radical (unpaired) electrons.